The fourth-order valence-electron chi connectivity index (χ4n) is 3.17. The topological polar surface area (TPSA) is 71.2 Å². The zero-order valence-corrected chi connectivity index (χ0v) is 13.5. The monoisotopic (exact) mass is 338 g/mol. The number of aliphatic carboxylic acids is 1. The van der Waals surface area contributed by atoms with E-state index in [9.17, 15) is 13.6 Å². The summed E-state index contributed by atoms with van der Waals surface area (Å²) in [6.07, 6.45) is 0.614. The van der Waals surface area contributed by atoms with Crippen LogP contribution in [0.25, 0.3) is 11.0 Å². The van der Waals surface area contributed by atoms with Crippen molar-refractivity contribution in [1.82, 2.24) is 14.8 Å². The SMILES string of the molecule is CCn1cc2c(C(F)F)cc(N3CCC(CC(=O)O)CC3)nc2n1. The molecule has 0 radical (unpaired) electrons. The minimum Gasteiger partial charge on any atom is -0.481 e. The first kappa shape index (κ1) is 16.6. The molecule has 0 atom stereocenters. The van der Waals surface area contributed by atoms with Gasteiger partial charge in [-0.1, -0.05) is 0 Å². The van der Waals surface area contributed by atoms with Gasteiger partial charge >= 0.3 is 5.97 Å². The van der Waals surface area contributed by atoms with Gasteiger partial charge in [0.15, 0.2) is 5.65 Å². The lowest BCUT2D eigenvalue weighted by Gasteiger charge is -2.32. The van der Waals surface area contributed by atoms with Crippen molar-refractivity contribution in [3.8, 4) is 0 Å². The second kappa shape index (κ2) is 6.70. The summed E-state index contributed by atoms with van der Waals surface area (Å²) in [4.78, 5) is 17.2. The van der Waals surface area contributed by atoms with Gasteiger partial charge in [0.1, 0.15) is 5.82 Å². The highest BCUT2D eigenvalue weighted by molar-refractivity contribution is 5.81. The van der Waals surface area contributed by atoms with Gasteiger partial charge < -0.3 is 10.0 Å². The molecule has 1 aliphatic rings. The van der Waals surface area contributed by atoms with Gasteiger partial charge in [-0.15, -0.1) is 0 Å². The lowest BCUT2D eigenvalue weighted by molar-refractivity contribution is -0.138. The highest BCUT2D eigenvalue weighted by Gasteiger charge is 2.24. The summed E-state index contributed by atoms with van der Waals surface area (Å²) in [6, 6.07) is 1.44. The Hall–Kier alpha value is -2.25. The molecule has 8 heteroatoms. The summed E-state index contributed by atoms with van der Waals surface area (Å²) in [5.74, 6) is -0.164. The summed E-state index contributed by atoms with van der Waals surface area (Å²) >= 11 is 0. The standard InChI is InChI=1S/C16H20F2N4O2/c1-2-22-9-12-11(15(17)18)8-13(19-16(12)20-22)21-5-3-10(4-6-21)7-14(23)24/h8-10,15H,2-7H2,1H3,(H,23,24). The highest BCUT2D eigenvalue weighted by Crippen LogP contribution is 2.32. The van der Waals surface area contributed by atoms with Crippen molar-refractivity contribution < 1.29 is 18.7 Å². The minimum atomic E-state index is -2.59. The number of rotatable bonds is 5. The van der Waals surface area contributed by atoms with Crippen LogP contribution >= 0.6 is 0 Å². The maximum absolute atomic E-state index is 13.4. The van der Waals surface area contributed by atoms with E-state index in [1.54, 1.807) is 10.9 Å². The Kier molecular flexibility index (Phi) is 4.64. The molecule has 1 saturated heterocycles. The van der Waals surface area contributed by atoms with E-state index < -0.39 is 12.4 Å². The molecule has 1 fully saturated rings. The van der Waals surface area contributed by atoms with Crippen LogP contribution in [0.4, 0.5) is 14.6 Å². The molecule has 1 N–H and O–H groups in total. The molecule has 6 nitrogen and oxygen atoms in total. The van der Waals surface area contributed by atoms with Gasteiger partial charge in [0.25, 0.3) is 6.43 Å². The van der Waals surface area contributed by atoms with Crippen LogP contribution in [0, 0.1) is 5.92 Å². The maximum atomic E-state index is 13.4. The third-order valence-corrected chi connectivity index (χ3v) is 4.52. The van der Waals surface area contributed by atoms with Gasteiger partial charge in [-0.3, -0.25) is 9.48 Å². The van der Waals surface area contributed by atoms with E-state index in [2.05, 4.69) is 10.1 Å². The van der Waals surface area contributed by atoms with Crippen molar-refractivity contribution in [3.63, 3.8) is 0 Å². The number of halogens is 2. The average Bonchev–Trinajstić information content (AvgIpc) is 2.97. The van der Waals surface area contributed by atoms with Gasteiger partial charge in [-0.05, 0) is 31.7 Å². The zero-order chi connectivity index (χ0) is 17.3. The summed E-state index contributed by atoms with van der Waals surface area (Å²) in [5.41, 5.74) is 0.277. The third-order valence-electron chi connectivity index (χ3n) is 4.52. The number of alkyl halides is 2. The fourth-order valence-corrected chi connectivity index (χ4v) is 3.17. The largest absolute Gasteiger partial charge is 0.481 e. The first-order valence-electron chi connectivity index (χ1n) is 8.11. The normalized spacial score (nSPS) is 16.2. The number of nitrogens with zero attached hydrogens (tertiary/aromatic N) is 4. The molecular formula is C16H20F2N4O2. The molecule has 1 aliphatic heterocycles. The van der Waals surface area contributed by atoms with Crippen molar-refractivity contribution in [2.24, 2.45) is 5.92 Å². The van der Waals surface area contributed by atoms with E-state index >= 15 is 0 Å². The third kappa shape index (κ3) is 3.32. The molecule has 24 heavy (non-hydrogen) atoms. The number of piperidine rings is 1. The highest BCUT2D eigenvalue weighted by atomic mass is 19.3. The molecule has 0 spiro atoms. The van der Waals surface area contributed by atoms with Gasteiger partial charge in [0.05, 0.1) is 0 Å². The second-order valence-electron chi connectivity index (χ2n) is 6.12. The average molecular weight is 338 g/mol. The Bertz CT molecular complexity index is 739. The predicted molar refractivity (Wildman–Crippen MR) is 85.3 cm³/mol. The predicted octanol–water partition coefficient (Wildman–Crippen LogP) is 3.08. The number of anilines is 1. The van der Waals surface area contributed by atoms with Gasteiger partial charge in [0.2, 0.25) is 0 Å². The van der Waals surface area contributed by atoms with E-state index in [4.69, 9.17) is 5.11 Å². The van der Waals surface area contributed by atoms with Crippen molar-refractivity contribution >= 4 is 22.8 Å². The number of aromatic nitrogens is 3. The minimum absolute atomic E-state index is 0.0534. The molecule has 0 saturated carbocycles. The zero-order valence-electron chi connectivity index (χ0n) is 13.5. The number of fused-ring (bicyclic) bond motifs is 1. The molecular weight excluding hydrogens is 318 g/mol. The van der Waals surface area contributed by atoms with Crippen molar-refractivity contribution in [1.29, 1.82) is 0 Å². The Morgan fingerprint density at radius 1 is 1.42 bits per heavy atom. The number of carboxylic acids is 1. The van der Waals surface area contributed by atoms with Crippen LogP contribution in [-0.4, -0.2) is 38.9 Å². The second-order valence-corrected chi connectivity index (χ2v) is 6.12. The van der Waals surface area contributed by atoms with Crippen LogP contribution in [0.1, 0.15) is 38.2 Å². The van der Waals surface area contributed by atoms with Gasteiger partial charge in [-0.2, -0.15) is 5.10 Å². The quantitative estimate of drug-likeness (QED) is 0.907. The number of carboxylic acid groups (broad SMARTS) is 1. The van der Waals surface area contributed by atoms with Crippen LogP contribution in [0.2, 0.25) is 0 Å². The van der Waals surface area contributed by atoms with Crippen LogP contribution in [0.5, 0.6) is 0 Å². The molecule has 0 bridgehead atoms. The summed E-state index contributed by atoms with van der Waals surface area (Å²) in [6.45, 7) is 3.72. The molecule has 0 aromatic carbocycles. The molecule has 2 aromatic heterocycles. The molecule has 0 amide bonds. The lowest BCUT2D eigenvalue weighted by atomic mass is 9.93. The molecule has 2 aromatic rings. The Morgan fingerprint density at radius 2 is 2.12 bits per heavy atom. The summed E-state index contributed by atoms with van der Waals surface area (Å²) < 4.78 is 28.4. The number of hydrogen-bond donors (Lipinski definition) is 1. The van der Waals surface area contributed by atoms with Crippen molar-refractivity contribution in [2.75, 3.05) is 18.0 Å². The van der Waals surface area contributed by atoms with E-state index in [1.165, 1.54) is 6.07 Å². The molecule has 130 valence electrons. The number of aryl methyl sites for hydroxylation is 1. The number of carbonyl (C=O) groups is 1. The van der Waals surface area contributed by atoms with Crippen LogP contribution < -0.4 is 4.90 Å². The summed E-state index contributed by atoms with van der Waals surface area (Å²) in [7, 11) is 0. The number of hydrogen-bond acceptors (Lipinski definition) is 4. The lowest BCUT2D eigenvalue weighted by Crippen LogP contribution is -2.35. The van der Waals surface area contributed by atoms with Gasteiger partial charge in [-0.25, -0.2) is 13.8 Å². The first-order valence-corrected chi connectivity index (χ1v) is 8.11. The summed E-state index contributed by atoms with van der Waals surface area (Å²) in [5, 5.41) is 13.5. The molecule has 0 unspecified atom stereocenters. The maximum Gasteiger partial charge on any atom is 0.303 e. The smallest absolute Gasteiger partial charge is 0.303 e. The Morgan fingerprint density at radius 3 is 2.71 bits per heavy atom. The van der Waals surface area contributed by atoms with Crippen molar-refractivity contribution in [3.05, 3.63) is 17.8 Å². The van der Waals surface area contributed by atoms with E-state index in [0.717, 1.165) is 12.8 Å². The Labute approximate surface area is 138 Å². The molecule has 3 heterocycles. The van der Waals surface area contributed by atoms with Crippen LogP contribution in [-0.2, 0) is 11.3 Å². The van der Waals surface area contributed by atoms with E-state index in [0.29, 0.717) is 36.5 Å². The molecule has 3 rings (SSSR count). The van der Waals surface area contributed by atoms with Crippen molar-refractivity contribution in [2.45, 2.75) is 39.2 Å². The van der Waals surface area contributed by atoms with E-state index in [-0.39, 0.29) is 17.9 Å². The van der Waals surface area contributed by atoms with E-state index in [1.807, 2.05) is 11.8 Å². The first-order chi connectivity index (χ1) is 11.5. The van der Waals surface area contributed by atoms with Crippen LogP contribution in [0.3, 0.4) is 0 Å². The Balaban J connectivity index is 1.86. The molecule has 0 aliphatic carbocycles. The fraction of sp³-hybridized carbons (Fsp3) is 0.562. The van der Waals surface area contributed by atoms with Gasteiger partial charge in [0, 0.05) is 43.2 Å². The number of pyridine rings is 1. The van der Waals surface area contributed by atoms with Crippen LogP contribution in [0.15, 0.2) is 12.3 Å².